The standard InChI is InChI=1S/C56H73O5PS/c1-13-35(7)41-26-43-30-49(39(11)17-5)53(33-51(43)47(28-41)37(9)15-3)54-32-46(63(60,61)45-22-20-19-21-23-45)24-25-55(54)62(57,58,59)56-34-52-44(31-50(56)40(12)18-6)27-42(36(8)14-2)29-48(52)38(10)16-4/h19-40,57-59H,13-18H2,1-12H3. The Morgan fingerprint density at radius 1 is 0.429 bits per heavy atom. The summed E-state index contributed by atoms with van der Waals surface area (Å²) in [6.45, 7) is 26.2. The molecule has 0 saturated carbocycles. The van der Waals surface area contributed by atoms with E-state index in [-0.39, 0.29) is 44.1 Å². The molecule has 338 valence electrons. The third-order valence-electron chi connectivity index (χ3n) is 14.8. The van der Waals surface area contributed by atoms with Crippen LogP contribution in [0.15, 0.2) is 107 Å². The van der Waals surface area contributed by atoms with E-state index in [0.29, 0.717) is 34.9 Å². The zero-order valence-corrected chi connectivity index (χ0v) is 41.7. The van der Waals surface area contributed by atoms with Gasteiger partial charge in [0.05, 0.1) is 0 Å². The normalized spacial score (nSPS) is 16.0. The van der Waals surface area contributed by atoms with Crippen LogP contribution in [0.1, 0.15) is 190 Å². The van der Waals surface area contributed by atoms with E-state index in [1.165, 1.54) is 28.8 Å². The molecule has 0 spiro atoms. The van der Waals surface area contributed by atoms with Gasteiger partial charge in [0.15, 0.2) is 0 Å². The molecule has 6 unspecified atom stereocenters. The van der Waals surface area contributed by atoms with E-state index < -0.39 is 17.1 Å². The van der Waals surface area contributed by atoms with Crippen molar-refractivity contribution in [3.63, 3.8) is 0 Å². The Balaban J connectivity index is 1.80. The molecule has 6 rings (SSSR count). The molecular weight excluding hydrogens is 816 g/mol. The molecule has 7 heteroatoms. The fourth-order valence-electron chi connectivity index (χ4n) is 9.20. The molecule has 6 aromatic rings. The van der Waals surface area contributed by atoms with Crippen LogP contribution in [-0.2, 0) is 9.84 Å². The average Bonchev–Trinajstić information content (AvgIpc) is 3.30. The van der Waals surface area contributed by atoms with Gasteiger partial charge in [-0.2, -0.15) is 0 Å². The number of fused-ring (bicyclic) bond motifs is 2. The fraction of sp³-hybridized carbons (Fsp3) is 0.429. The summed E-state index contributed by atoms with van der Waals surface area (Å²) >= 11 is 0. The van der Waals surface area contributed by atoms with Crippen molar-refractivity contribution in [2.24, 2.45) is 0 Å². The van der Waals surface area contributed by atoms with Crippen molar-refractivity contribution in [2.45, 2.75) is 167 Å². The van der Waals surface area contributed by atoms with Gasteiger partial charge in [-0.15, -0.1) is 0 Å². The predicted octanol–water partition coefficient (Wildman–Crippen LogP) is 14.8. The number of hydrogen-bond acceptors (Lipinski definition) is 5. The molecule has 0 aromatic heterocycles. The second-order valence-corrected chi connectivity index (χ2v) is 23.7. The van der Waals surface area contributed by atoms with Gasteiger partial charge in [-0.05, 0) is 0 Å². The molecular formula is C56H73O5PS. The van der Waals surface area contributed by atoms with E-state index >= 15 is 0 Å². The predicted molar refractivity (Wildman–Crippen MR) is 270 cm³/mol. The molecule has 0 radical (unpaired) electrons. The molecule has 0 fully saturated rings. The van der Waals surface area contributed by atoms with Crippen molar-refractivity contribution in [3.05, 3.63) is 130 Å². The number of benzene rings is 6. The van der Waals surface area contributed by atoms with Crippen LogP contribution in [0.4, 0.5) is 0 Å². The van der Waals surface area contributed by atoms with E-state index in [1.54, 1.807) is 36.4 Å². The summed E-state index contributed by atoms with van der Waals surface area (Å²) < 4.78 is 29.0. The molecule has 0 aliphatic heterocycles. The van der Waals surface area contributed by atoms with Gasteiger partial charge in [-0.25, -0.2) is 0 Å². The fourth-order valence-corrected chi connectivity index (χ4v) is 12.9. The first-order chi connectivity index (χ1) is 29.7. The van der Waals surface area contributed by atoms with Crippen LogP contribution < -0.4 is 10.6 Å². The van der Waals surface area contributed by atoms with E-state index in [4.69, 9.17) is 0 Å². The first-order valence-electron chi connectivity index (χ1n) is 23.7. The van der Waals surface area contributed by atoms with E-state index in [1.807, 2.05) is 6.07 Å². The topological polar surface area (TPSA) is 94.8 Å². The Bertz CT molecular complexity index is 2710. The SMILES string of the molecule is CCC(C)c1cc(C(C)CC)c2cc(-c3cc(S(=O)(=O)c4ccccc4)ccc3P(O)(O)(O)c3cc4c(C(C)CC)cc(C(C)CC)cc4cc3C(C)CC)c(C(C)CC)cc2c1. The second kappa shape index (κ2) is 18.9. The van der Waals surface area contributed by atoms with E-state index in [9.17, 15) is 23.1 Å². The molecule has 0 bridgehead atoms. The summed E-state index contributed by atoms with van der Waals surface area (Å²) in [5.41, 5.74) is 7.48. The van der Waals surface area contributed by atoms with Crippen molar-refractivity contribution < 1.29 is 23.1 Å². The molecule has 5 nitrogen and oxygen atoms in total. The van der Waals surface area contributed by atoms with E-state index in [0.717, 1.165) is 64.8 Å². The Labute approximate surface area is 379 Å². The van der Waals surface area contributed by atoms with Gasteiger partial charge in [0.25, 0.3) is 0 Å². The van der Waals surface area contributed by atoms with Crippen LogP contribution in [0.5, 0.6) is 0 Å². The molecule has 6 aromatic carbocycles. The van der Waals surface area contributed by atoms with Crippen molar-refractivity contribution in [1.29, 1.82) is 0 Å². The number of rotatable bonds is 17. The summed E-state index contributed by atoms with van der Waals surface area (Å²) in [6.07, 6.45) is 5.31. The average molecular weight is 889 g/mol. The number of sulfone groups is 1. The van der Waals surface area contributed by atoms with Gasteiger partial charge < -0.3 is 0 Å². The molecule has 0 amide bonds. The first kappa shape index (κ1) is 48.6. The van der Waals surface area contributed by atoms with Gasteiger partial charge in [0.2, 0.25) is 0 Å². The molecule has 3 N–H and O–H groups in total. The second-order valence-electron chi connectivity index (χ2n) is 18.8. The van der Waals surface area contributed by atoms with Crippen LogP contribution >= 0.6 is 7.28 Å². The van der Waals surface area contributed by atoms with Gasteiger partial charge in [-0.3, -0.25) is 0 Å². The Kier molecular flexibility index (Phi) is 14.6. The molecule has 63 heavy (non-hydrogen) atoms. The van der Waals surface area contributed by atoms with Crippen LogP contribution in [0.2, 0.25) is 0 Å². The Morgan fingerprint density at radius 3 is 1.37 bits per heavy atom. The van der Waals surface area contributed by atoms with Crippen molar-refractivity contribution >= 4 is 49.3 Å². The summed E-state index contributed by atoms with van der Waals surface area (Å²) in [4.78, 5) is 40.1. The van der Waals surface area contributed by atoms with Crippen LogP contribution in [0.3, 0.4) is 0 Å². The molecule has 0 saturated heterocycles. The maximum absolute atomic E-state index is 14.5. The van der Waals surface area contributed by atoms with Crippen LogP contribution in [0, 0.1) is 0 Å². The Morgan fingerprint density at radius 2 is 0.873 bits per heavy atom. The van der Waals surface area contributed by atoms with Crippen molar-refractivity contribution in [3.8, 4) is 11.1 Å². The molecule has 6 atom stereocenters. The van der Waals surface area contributed by atoms with Crippen LogP contribution in [0.25, 0.3) is 32.7 Å². The third-order valence-corrected chi connectivity index (χ3v) is 19.1. The first-order valence-corrected chi connectivity index (χ1v) is 27.3. The summed E-state index contributed by atoms with van der Waals surface area (Å²) in [6, 6.07) is 30.2. The molecule has 0 aliphatic rings. The minimum absolute atomic E-state index is 0.0150. The summed E-state index contributed by atoms with van der Waals surface area (Å²) in [7, 11) is -10.2. The summed E-state index contributed by atoms with van der Waals surface area (Å²) in [5, 5.41) is 4.08. The molecule has 0 heterocycles. The third kappa shape index (κ3) is 9.18. The molecule has 0 aliphatic carbocycles. The van der Waals surface area contributed by atoms with E-state index in [2.05, 4.69) is 126 Å². The van der Waals surface area contributed by atoms with Crippen LogP contribution in [-0.4, -0.2) is 23.1 Å². The van der Waals surface area contributed by atoms with Gasteiger partial charge in [-0.1, -0.05) is 0 Å². The summed E-state index contributed by atoms with van der Waals surface area (Å²) in [5.74, 6) is 0.995. The quantitative estimate of drug-likeness (QED) is 0.0793. The number of hydrogen-bond donors (Lipinski definition) is 3. The Hall–Kier alpha value is -3.90. The zero-order valence-electron chi connectivity index (χ0n) is 40.0. The van der Waals surface area contributed by atoms with Crippen molar-refractivity contribution in [1.82, 2.24) is 0 Å². The van der Waals surface area contributed by atoms with Gasteiger partial charge in [0, 0.05) is 0 Å². The van der Waals surface area contributed by atoms with Gasteiger partial charge >= 0.3 is 381 Å². The maximum atomic E-state index is 14.5. The zero-order chi connectivity index (χ0) is 46.2. The van der Waals surface area contributed by atoms with Crippen molar-refractivity contribution in [2.75, 3.05) is 0 Å². The monoisotopic (exact) mass is 888 g/mol. The van der Waals surface area contributed by atoms with Gasteiger partial charge in [0.1, 0.15) is 0 Å². The minimum atomic E-state index is -6.13.